The van der Waals surface area contributed by atoms with Gasteiger partial charge in [-0.3, -0.25) is 4.79 Å². The molecule has 0 bridgehead atoms. The number of pyridine rings is 1. The number of fused-ring (bicyclic) bond motifs is 2. The van der Waals surface area contributed by atoms with Gasteiger partial charge in [-0.15, -0.1) is 0 Å². The van der Waals surface area contributed by atoms with Crippen LogP contribution in [0.1, 0.15) is 36.6 Å². The monoisotopic (exact) mass is 592 g/mol. The Kier molecular flexibility index (Phi) is 8.05. The Morgan fingerprint density at radius 1 is 1.14 bits per heavy atom. The van der Waals surface area contributed by atoms with Crippen molar-refractivity contribution in [2.75, 3.05) is 62.9 Å². The number of benzene rings is 2. The standard InChI is InChI=1S/C32H35F3N6O2/c1-20-17-40(11-12-41(20)30(42)15-33)31-23-8-10-39(29-7-3-5-21-13-26(34)27(35)14-24(21)29)18-28(23)37-32(25(31)16-36)43-19-22-6-4-9-38(22)2/h3,5,7,13-14,20,22H,4,6,8-12,15,17-19H2,1-2H3/t20-,22-/m0/s1. The zero-order chi connectivity index (χ0) is 30.2. The highest BCUT2D eigenvalue weighted by molar-refractivity contribution is 5.94. The van der Waals surface area contributed by atoms with Gasteiger partial charge in [0, 0.05) is 54.9 Å². The van der Waals surface area contributed by atoms with E-state index < -0.39 is 24.2 Å². The summed E-state index contributed by atoms with van der Waals surface area (Å²) in [5, 5.41) is 11.6. The molecule has 0 N–H and O–H groups in total. The van der Waals surface area contributed by atoms with E-state index in [0.29, 0.717) is 62.1 Å². The van der Waals surface area contributed by atoms with E-state index in [9.17, 15) is 23.2 Å². The fourth-order valence-corrected chi connectivity index (χ4v) is 6.80. The number of carbonyl (C=O) groups excluding carboxylic acids is 1. The van der Waals surface area contributed by atoms with Crippen LogP contribution in [0.2, 0.25) is 0 Å². The first-order valence-electron chi connectivity index (χ1n) is 14.8. The van der Waals surface area contributed by atoms with Gasteiger partial charge in [-0.2, -0.15) is 5.26 Å². The van der Waals surface area contributed by atoms with Crippen LogP contribution in [0.15, 0.2) is 30.3 Å². The average Bonchev–Trinajstić information content (AvgIpc) is 3.43. The lowest BCUT2D eigenvalue weighted by molar-refractivity contribution is -0.134. The molecule has 8 nitrogen and oxygen atoms in total. The summed E-state index contributed by atoms with van der Waals surface area (Å²) in [7, 11) is 2.06. The minimum Gasteiger partial charge on any atom is -0.475 e. The Morgan fingerprint density at radius 3 is 2.67 bits per heavy atom. The molecule has 3 aliphatic rings. The number of nitrogens with zero attached hydrogens (tertiary/aromatic N) is 6. The number of alkyl halides is 1. The Bertz CT molecular complexity index is 1590. The predicted molar refractivity (Wildman–Crippen MR) is 158 cm³/mol. The highest BCUT2D eigenvalue weighted by Gasteiger charge is 2.34. The van der Waals surface area contributed by atoms with Gasteiger partial charge in [0.15, 0.2) is 18.3 Å². The molecule has 0 radical (unpaired) electrons. The number of carbonyl (C=O) groups is 1. The number of hydrogen-bond donors (Lipinski definition) is 0. The average molecular weight is 593 g/mol. The molecule has 2 atom stereocenters. The predicted octanol–water partition coefficient (Wildman–Crippen LogP) is 4.43. The lowest BCUT2D eigenvalue weighted by Crippen LogP contribution is -2.55. The van der Waals surface area contributed by atoms with Crippen LogP contribution in [-0.2, 0) is 17.8 Å². The molecule has 0 spiro atoms. The molecule has 11 heteroatoms. The van der Waals surface area contributed by atoms with Crippen LogP contribution in [0, 0.1) is 23.0 Å². The topological polar surface area (TPSA) is 75.9 Å². The number of hydrogen-bond acceptors (Lipinski definition) is 7. The van der Waals surface area contributed by atoms with Gasteiger partial charge >= 0.3 is 0 Å². The highest BCUT2D eigenvalue weighted by Crippen LogP contribution is 2.39. The summed E-state index contributed by atoms with van der Waals surface area (Å²) in [6.45, 7) is 4.46. The van der Waals surface area contributed by atoms with Crippen molar-refractivity contribution in [2.24, 2.45) is 0 Å². The largest absolute Gasteiger partial charge is 0.475 e. The number of anilines is 2. The SMILES string of the molecule is C[C@H]1CN(c2c(C#N)c(OC[C@@H]3CCCN3C)nc3c2CCN(c2cccc4cc(F)c(F)cc24)C3)CCN1C(=O)CF. The van der Waals surface area contributed by atoms with Crippen molar-refractivity contribution < 1.29 is 22.7 Å². The van der Waals surface area contributed by atoms with Crippen LogP contribution in [0.3, 0.4) is 0 Å². The molecule has 6 rings (SSSR count). The Balaban J connectivity index is 1.39. The molecule has 2 saturated heterocycles. The van der Waals surface area contributed by atoms with E-state index in [4.69, 9.17) is 9.72 Å². The number of likely N-dealkylation sites (tertiary alicyclic amines) is 1. The number of piperazine rings is 1. The first kappa shape index (κ1) is 29.1. The zero-order valence-electron chi connectivity index (χ0n) is 24.5. The normalized spacial score (nSPS) is 20.8. The molecule has 3 aliphatic heterocycles. The second kappa shape index (κ2) is 11.9. The quantitative estimate of drug-likeness (QED) is 0.419. The third-order valence-electron chi connectivity index (χ3n) is 9.11. The van der Waals surface area contributed by atoms with Crippen molar-refractivity contribution in [1.82, 2.24) is 14.8 Å². The van der Waals surface area contributed by atoms with Crippen LogP contribution in [-0.4, -0.2) is 85.8 Å². The van der Waals surface area contributed by atoms with E-state index in [1.807, 2.05) is 19.1 Å². The van der Waals surface area contributed by atoms with Crippen LogP contribution >= 0.6 is 0 Å². The molecule has 2 aromatic carbocycles. The lowest BCUT2D eigenvalue weighted by Gasteiger charge is -2.42. The van der Waals surface area contributed by atoms with Gasteiger partial charge in [0.2, 0.25) is 5.88 Å². The molecule has 4 heterocycles. The number of amides is 1. The fourth-order valence-electron chi connectivity index (χ4n) is 6.80. The van der Waals surface area contributed by atoms with Crippen LogP contribution < -0.4 is 14.5 Å². The van der Waals surface area contributed by atoms with Gasteiger partial charge in [-0.1, -0.05) is 12.1 Å². The summed E-state index contributed by atoms with van der Waals surface area (Å²) in [6, 6.07) is 10.3. The van der Waals surface area contributed by atoms with E-state index in [1.54, 1.807) is 11.0 Å². The Morgan fingerprint density at radius 2 is 1.95 bits per heavy atom. The van der Waals surface area contributed by atoms with E-state index in [0.717, 1.165) is 42.0 Å². The minimum absolute atomic E-state index is 0.227. The minimum atomic E-state index is -1.04. The second-order valence-corrected chi connectivity index (χ2v) is 11.7. The molecule has 2 fully saturated rings. The van der Waals surface area contributed by atoms with Gasteiger partial charge in [0.25, 0.3) is 5.91 Å². The number of aromatic nitrogens is 1. The van der Waals surface area contributed by atoms with Crippen molar-refractivity contribution in [3.8, 4) is 11.9 Å². The van der Waals surface area contributed by atoms with Crippen molar-refractivity contribution in [2.45, 2.75) is 44.8 Å². The fraction of sp³-hybridized carbons (Fsp3) is 0.469. The summed E-state index contributed by atoms with van der Waals surface area (Å²) < 4.78 is 47.8. The molecule has 1 amide bonds. The third kappa shape index (κ3) is 5.44. The third-order valence-corrected chi connectivity index (χ3v) is 9.11. The molecular formula is C32H35F3N6O2. The van der Waals surface area contributed by atoms with E-state index >= 15 is 0 Å². The molecule has 0 aliphatic carbocycles. The molecule has 1 aromatic heterocycles. The van der Waals surface area contributed by atoms with Gasteiger partial charge in [-0.25, -0.2) is 18.2 Å². The van der Waals surface area contributed by atoms with Gasteiger partial charge in [0.1, 0.15) is 18.2 Å². The molecule has 0 unspecified atom stereocenters. The number of rotatable bonds is 6. The molecular weight excluding hydrogens is 557 g/mol. The summed E-state index contributed by atoms with van der Waals surface area (Å²) in [6.07, 6.45) is 2.66. The maximum atomic E-state index is 14.3. The van der Waals surface area contributed by atoms with Crippen LogP contribution in [0.25, 0.3) is 10.8 Å². The van der Waals surface area contributed by atoms with E-state index in [-0.39, 0.29) is 18.0 Å². The maximum Gasteiger partial charge on any atom is 0.254 e. The lowest BCUT2D eigenvalue weighted by atomic mass is 9.96. The molecule has 226 valence electrons. The van der Waals surface area contributed by atoms with E-state index in [2.05, 4.69) is 27.8 Å². The van der Waals surface area contributed by atoms with E-state index in [1.165, 1.54) is 12.1 Å². The first-order valence-corrected chi connectivity index (χ1v) is 14.8. The van der Waals surface area contributed by atoms with Gasteiger partial charge < -0.3 is 24.3 Å². The first-order chi connectivity index (χ1) is 20.8. The maximum absolute atomic E-state index is 14.3. The van der Waals surface area contributed by atoms with Crippen LogP contribution in [0.5, 0.6) is 5.88 Å². The molecule has 3 aromatic rings. The zero-order valence-corrected chi connectivity index (χ0v) is 24.5. The van der Waals surface area contributed by atoms with Gasteiger partial charge in [-0.05, 0) is 63.4 Å². The molecule has 0 saturated carbocycles. The second-order valence-electron chi connectivity index (χ2n) is 11.7. The smallest absolute Gasteiger partial charge is 0.254 e. The van der Waals surface area contributed by atoms with Crippen molar-refractivity contribution >= 4 is 28.1 Å². The summed E-state index contributed by atoms with van der Waals surface area (Å²) in [5.74, 6) is -2.04. The van der Waals surface area contributed by atoms with Crippen LogP contribution in [0.4, 0.5) is 24.5 Å². The molecule has 43 heavy (non-hydrogen) atoms. The number of halogens is 3. The van der Waals surface area contributed by atoms with Gasteiger partial charge in [0.05, 0.1) is 17.9 Å². The summed E-state index contributed by atoms with van der Waals surface area (Å²) in [4.78, 5) is 25.1. The Hall–Kier alpha value is -4.04. The van der Waals surface area contributed by atoms with Crippen molar-refractivity contribution in [3.63, 3.8) is 0 Å². The highest BCUT2D eigenvalue weighted by atomic mass is 19.2. The number of ether oxygens (including phenoxy) is 1. The Labute approximate surface area is 249 Å². The van der Waals surface area contributed by atoms with Crippen molar-refractivity contribution in [3.05, 3.63) is 58.8 Å². The number of likely N-dealkylation sites (N-methyl/N-ethyl adjacent to an activating group) is 1. The van der Waals surface area contributed by atoms with Crippen molar-refractivity contribution in [1.29, 1.82) is 5.26 Å². The number of nitriles is 1. The summed E-state index contributed by atoms with van der Waals surface area (Å²) in [5.41, 5.74) is 3.59. The summed E-state index contributed by atoms with van der Waals surface area (Å²) >= 11 is 0.